The molecular weight excluding hydrogens is 330 g/mol. The van der Waals surface area contributed by atoms with Crippen molar-refractivity contribution in [2.45, 2.75) is 82.8 Å². The Bertz CT molecular complexity index is 573. The highest BCUT2D eigenvalue weighted by molar-refractivity contribution is 5.92. The summed E-state index contributed by atoms with van der Waals surface area (Å²) >= 11 is 0. The topological polar surface area (TPSA) is 99.0 Å². The third kappa shape index (κ3) is 3.60. The summed E-state index contributed by atoms with van der Waals surface area (Å²) in [6.45, 7) is 9.16. The Hall–Kier alpha value is -1.03. The van der Waals surface area contributed by atoms with Gasteiger partial charge in [-0.3, -0.25) is 0 Å². The predicted molar refractivity (Wildman–Crippen MR) is 87.2 cm³/mol. The molecule has 3 aliphatic heterocycles. The standard InChI is InChI=1S/C17H27NO7/c1-10(18-20)7-6-8-17(19)12(11-9-21-15(2,3)23-11)22-14-13(17)24-16(4,5)25-14/h6-7,11-14,19-20H,8-9H2,1-5H3/b7-6+,18-10-/t11?,12-,13+,14-,17-/m1/s1. The van der Waals surface area contributed by atoms with Crippen LogP contribution in [-0.2, 0) is 23.7 Å². The quantitative estimate of drug-likeness (QED) is 0.447. The second kappa shape index (κ2) is 6.29. The lowest BCUT2D eigenvalue weighted by atomic mass is 9.86. The average molecular weight is 357 g/mol. The lowest BCUT2D eigenvalue weighted by Gasteiger charge is -2.35. The first-order valence-corrected chi connectivity index (χ1v) is 8.47. The van der Waals surface area contributed by atoms with Crippen LogP contribution in [0.15, 0.2) is 17.3 Å². The van der Waals surface area contributed by atoms with Gasteiger partial charge < -0.3 is 34.0 Å². The summed E-state index contributed by atoms with van der Waals surface area (Å²) in [5, 5.41) is 23.3. The molecule has 0 spiro atoms. The Morgan fingerprint density at radius 2 is 1.84 bits per heavy atom. The van der Waals surface area contributed by atoms with Crippen LogP contribution in [0.25, 0.3) is 0 Å². The van der Waals surface area contributed by atoms with Gasteiger partial charge in [0.15, 0.2) is 17.9 Å². The Labute approximate surface area is 147 Å². The van der Waals surface area contributed by atoms with Crippen molar-refractivity contribution in [3.8, 4) is 0 Å². The molecule has 3 aliphatic rings. The van der Waals surface area contributed by atoms with Gasteiger partial charge in [-0.05, 0) is 47.1 Å². The molecule has 3 heterocycles. The number of nitrogens with zero attached hydrogens (tertiary/aromatic N) is 1. The van der Waals surface area contributed by atoms with Crippen LogP contribution in [-0.4, -0.2) is 64.4 Å². The van der Waals surface area contributed by atoms with Crippen molar-refractivity contribution in [1.29, 1.82) is 0 Å². The number of hydrogen-bond acceptors (Lipinski definition) is 8. The van der Waals surface area contributed by atoms with E-state index in [2.05, 4.69) is 5.16 Å². The van der Waals surface area contributed by atoms with Gasteiger partial charge in [0, 0.05) is 0 Å². The zero-order chi connectivity index (χ0) is 18.5. The molecule has 3 rings (SSSR count). The number of ether oxygens (including phenoxy) is 5. The number of fused-ring (bicyclic) bond motifs is 1. The molecule has 1 unspecified atom stereocenters. The number of allylic oxidation sites excluding steroid dienone is 1. The Morgan fingerprint density at radius 3 is 2.44 bits per heavy atom. The molecule has 2 N–H and O–H groups in total. The third-order valence-corrected chi connectivity index (χ3v) is 4.65. The van der Waals surface area contributed by atoms with Gasteiger partial charge in [0.05, 0.1) is 12.3 Å². The first-order valence-electron chi connectivity index (χ1n) is 8.47. The summed E-state index contributed by atoms with van der Waals surface area (Å²) in [5.41, 5.74) is -0.930. The van der Waals surface area contributed by atoms with Crippen molar-refractivity contribution >= 4 is 5.71 Å². The first-order chi connectivity index (χ1) is 11.6. The lowest BCUT2D eigenvalue weighted by Crippen LogP contribution is -2.53. The van der Waals surface area contributed by atoms with Crippen LogP contribution in [0.3, 0.4) is 0 Å². The zero-order valence-corrected chi connectivity index (χ0v) is 15.3. The van der Waals surface area contributed by atoms with Gasteiger partial charge in [-0.15, -0.1) is 0 Å². The summed E-state index contributed by atoms with van der Waals surface area (Å²) in [6, 6.07) is 0. The lowest BCUT2D eigenvalue weighted by molar-refractivity contribution is -0.247. The molecule has 3 saturated heterocycles. The predicted octanol–water partition coefficient (Wildman–Crippen LogP) is 1.54. The van der Waals surface area contributed by atoms with Crippen LogP contribution in [0, 0.1) is 0 Å². The maximum absolute atomic E-state index is 11.5. The molecule has 0 aromatic rings. The molecule has 0 amide bonds. The fourth-order valence-corrected chi connectivity index (χ4v) is 3.55. The van der Waals surface area contributed by atoms with E-state index in [0.29, 0.717) is 12.3 Å². The number of oxime groups is 1. The van der Waals surface area contributed by atoms with E-state index in [1.807, 2.05) is 13.8 Å². The van der Waals surface area contributed by atoms with Gasteiger partial charge in [-0.25, -0.2) is 0 Å². The van der Waals surface area contributed by atoms with E-state index in [-0.39, 0.29) is 6.42 Å². The summed E-state index contributed by atoms with van der Waals surface area (Å²) in [7, 11) is 0. The van der Waals surface area contributed by atoms with Crippen molar-refractivity contribution in [3.63, 3.8) is 0 Å². The van der Waals surface area contributed by atoms with Crippen LogP contribution < -0.4 is 0 Å². The van der Waals surface area contributed by atoms with Gasteiger partial charge in [0.1, 0.15) is 23.9 Å². The van der Waals surface area contributed by atoms with Gasteiger partial charge in [-0.2, -0.15) is 0 Å². The van der Waals surface area contributed by atoms with Gasteiger partial charge in [0.25, 0.3) is 0 Å². The Morgan fingerprint density at radius 1 is 1.12 bits per heavy atom. The summed E-state index contributed by atoms with van der Waals surface area (Å²) in [4.78, 5) is 0. The van der Waals surface area contributed by atoms with Crippen LogP contribution >= 0.6 is 0 Å². The van der Waals surface area contributed by atoms with Gasteiger partial charge >= 0.3 is 0 Å². The summed E-state index contributed by atoms with van der Waals surface area (Å²) < 4.78 is 29.2. The minimum Gasteiger partial charge on any atom is -0.411 e. The molecule has 0 aromatic carbocycles. The van der Waals surface area contributed by atoms with Crippen LogP contribution in [0.5, 0.6) is 0 Å². The minimum absolute atomic E-state index is 0.228. The van der Waals surface area contributed by atoms with E-state index >= 15 is 0 Å². The molecule has 8 nitrogen and oxygen atoms in total. The third-order valence-electron chi connectivity index (χ3n) is 4.65. The molecule has 0 radical (unpaired) electrons. The number of rotatable bonds is 4. The van der Waals surface area contributed by atoms with E-state index in [1.165, 1.54) is 0 Å². The molecule has 0 bridgehead atoms. The fraction of sp³-hybridized carbons (Fsp3) is 0.824. The van der Waals surface area contributed by atoms with E-state index in [0.717, 1.165) is 0 Å². The zero-order valence-electron chi connectivity index (χ0n) is 15.3. The molecule has 0 saturated carbocycles. The molecule has 0 aromatic heterocycles. The fourth-order valence-electron chi connectivity index (χ4n) is 3.55. The monoisotopic (exact) mass is 357 g/mol. The van der Waals surface area contributed by atoms with Crippen molar-refractivity contribution in [2.24, 2.45) is 5.16 Å². The molecule has 8 heteroatoms. The van der Waals surface area contributed by atoms with Crippen LogP contribution in [0.4, 0.5) is 0 Å². The second-order valence-electron chi connectivity index (χ2n) is 7.69. The number of aliphatic hydroxyl groups is 1. The van der Waals surface area contributed by atoms with Crippen LogP contribution in [0.2, 0.25) is 0 Å². The summed E-state index contributed by atoms with van der Waals surface area (Å²) in [5.74, 6) is -1.57. The number of hydrogen-bond donors (Lipinski definition) is 2. The van der Waals surface area contributed by atoms with E-state index in [1.54, 1.807) is 32.9 Å². The van der Waals surface area contributed by atoms with E-state index in [9.17, 15) is 5.11 Å². The highest BCUT2D eigenvalue weighted by atomic mass is 16.8. The highest BCUT2D eigenvalue weighted by Gasteiger charge is 2.65. The molecule has 142 valence electrons. The average Bonchev–Trinajstić information content (AvgIpc) is 3.10. The smallest absolute Gasteiger partial charge is 0.190 e. The molecule has 25 heavy (non-hydrogen) atoms. The van der Waals surface area contributed by atoms with Crippen LogP contribution in [0.1, 0.15) is 41.0 Å². The SMILES string of the molecule is CC(/C=C/C[C@@]1(O)[C@@H](C2COC(C)(C)O2)O[C@@H]2OC(C)(C)O[C@@H]21)=N/O. The van der Waals surface area contributed by atoms with Gasteiger partial charge in [0.2, 0.25) is 0 Å². The highest BCUT2D eigenvalue weighted by Crippen LogP contribution is 2.47. The van der Waals surface area contributed by atoms with Crippen molar-refractivity contribution in [1.82, 2.24) is 0 Å². The molecule has 3 fully saturated rings. The summed E-state index contributed by atoms with van der Waals surface area (Å²) in [6.07, 6.45) is 1.13. The largest absolute Gasteiger partial charge is 0.411 e. The van der Waals surface area contributed by atoms with E-state index in [4.69, 9.17) is 28.9 Å². The first kappa shape index (κ1) is 18.8. The Balaban J connectivity index is 1.83. The molecule has 5 atom stereocenters. The van der Waals surface area contributed by atoms with E-state index < -0.39 is 41.8 Å². The Kier molecular flexibility index (Phi) is 4.72. The molecular formula is C17H27NO7. The van der Waals surface area contributed by atoms with Crippen molar-refractivity contribution < 1.29 is 34.0 Å². The maximum Gasteiger partial charge on any atom is 0.190 e. The molecule has 0 aliphatic carbocycles. The minimum atomic E-state index is -1.36. The second-order valence-corrected chi connectivity index (χ2v) is 7.69. The van der Waals surface area contributed by atoms with Gasteiger partial charge in [-0.1, -0.05) is 11.2 Å². The van der Waals surface area contributed by atoms with Crippen molar-refractivity contribution in [2.75, 3.05) is 6.61 Å². The van der Waals surface area contributed by atoms with Crippen molar-refractivity contribution in [3.05, 3.63) is 12.2 Å². The normalized spacial score (nSPS) is 43.0. The maximum atomic E-state index is 11.5.